The van der Waals surface area contributed by atoms with Gasteiger partial charge in [0.15, 0.2) is 11.5 Å². The number of carbonyl (C=O) groups is 2. The summed E-state index contributed by atoms with van der Waals surface area (Å²) < 4.78 is 11.0. The van der Waals surface area contributed by atoms with Crippen molar-refractivity contribution < 1.29 is 24.2 Å². The quantitative estimate of drug-likeness (QED) is 0.560. The van der Waals surface area contributed by atoms with Crippen molar-refractivity contribution in [3.05, 3.63) is 28.7 Å². The van der Waals surface area contributed by atoms with Gasteiger partial charge in [0.1, 0.15) is 10.4 Å². The third-order valence-corrected chi connectivity index (χ3v) is 5.10. The van der Waals surface area contributed by atoms with Crippen molar-refractivity contribution in [3.63, 3.8) is 0 Å². The molecule has 1 N–H and O–H groups in total. The molecule has 1 aromatic carbocycles. The van der Waals surface area contributed by atoms with Crippen LogP contribution in [0.2, 0.25) is 0 Å². The molecule has 1 unspecified atom stereocenters. The van der Waals surface area contributed by atoms with E-state index in [1.165, 1.54) is 4.90 Å². The highest BCUT2D eigenvalue weighted by molar-refractivity contribution is 8.26. The van der Waals surface area contributed by atoms with Crippen molar-refractivity contribution in [1.82, 2.24) is 4.90 Å². The first-order chi connectivity index (χ1) is 12.3. The minimum Gasteiger partial charge on any atom is -0.493 e. The summed E-state index contributed by atoms with van der Waals surface area (Å²) in [5, 5.41) is 9.46. The summed E-state index contributed by atoms with van der Waals surface area (Å²) in [5.74, 6) is -0.553. The highest BCUT2D eigenvalue weighted by Gasteiger charge is 2.41. The molecule has 1 aliphatic rings. The number of carboxylic acids is 1. The lowest BCUT2D eigenvalue weighted by atomic mass is 10.0. The molecule has 0 bridgehead atoms. The Morgan fingerprint density at radius 3 is 2.62 bits per heavy atom. The van der Waals surface area contributed by atoms with Gasteiger partial charge in [0.25, 0.3) is 5.91 Å². The maximum absolute atomic E-state index is 12.7. The Balaban J connectivity index is 2.35. The summed E-state index contributed by atoms with van der Waals surface area (Å²) >= 11 is 6.35. The Hall–Kier alpha value is -2.06. The van der Waals surface area contributed by atoms with Gasteiger partial charge in [-0.1, -0.05) is 43.9 Å². The number of thioether (sulfide) groups is 1. The summed E-state index contributed by atoms with van der Waals surface area (Å²) in [5.41, 5.74) is 0.742. The van der Waals surface area contributed by atoms with E-state index in [4.69, 9.17) is 21.7 Å². The molecule has 1 fully saturated rings. The molecule has 0 saturated carbocycles. The van der Waals surface area contributed by atoms with Crippen LogP contribution in [0, 0.1) is 5.92 Å². The second kappa shape index (κ2) is 8.55. The molecule has 140 valence electrons. The molecule has 1 aliphatic heterocycles. The van der Waals surface area contributed by atoms with E-state index in [0.29, 0.717) is 23.0 Å². The van der Waals surface area contributed by atoms with E-state index < -0.39 is 17.9 Å². The van der Waals surface area contributed by atoms with Crippen LogP contribution in [0.25, 0.3) is 6.08 Å². The fourth-order valence-electron chi connectivity index (χ4n) is 2.62. The van der Waals surface area contributed by atoms with E-state index >= 15 is 0 Å². The van der Waals surface area contributed by atoms with E-state index in [2.05, 4.69) is 0 Å². The molecule has 0 radical (unpaired) electrons. The SMILES string of the molecule is CCOc1cc(/C=C2\SC(=S)N(C(C(=O)O)C(C)C)C2=O)ccc1OC. The van der Waals surface area contributed by atoms with E-state index in [1.54, 1.807) is 45.2 Å². The molecule has 1 saturated heterocycles. The van der Waals surface area contributed by atoms with E-state index in [-0.39, 0.29) is 10.2 Å². The van der Waals surface area contributed by atoms with Crippen LogP contribution in [0.4, 0.5) is 0 Å². The van der Waals surface area contributed by atoms with E-state index in [0.717, 1.165) is 17.3 Å². The number of methoxy groups -OCH3 is 1. The first kappa shape index (κ1) is 20.3. The van der Waals surface area contributed by atoms with Crippen LogP contribution in [0.5, 0.6) is 11.5 Å². The lowest BCUT2D eigenvalue weighted by Crippen LogP contribution is -2.47. The Morgan fingerprint density at radius 1 is 1.38 bits per heavy atom. The van der Waals surface area contributed by atoms with Crippen molar-refractivity contribution in [2.45, 2.75) is 26.8 Å². The zero-order chi connectivity index (χ0) is 19.4. The summed E-state index contributed by atoms with van der Waals surface area (Å²) in [7, 11) is 1.56. The number of rotatable bonds is 7. The molecular weight excluding hydrogens is 374 g/mol. The number of amides is 1. The molecule has 1 amide bonds. The molecule has 6 nitrogen and oxygen atoms in total. The topological polar surface area (TPSA) is 76.1 Å². The number of carboxylic acid groups (broad SMARTS) is 1. The lowest BCUT2D eigenvalue weighted by molar-refractivity contribution is -0.146. The zero-order valence-corrected chi connectivity index (χ0v) is 16.6. The van der Waals surface area contributed by atoms with Crippen LogP contribution in [0.15, 0.2) is 23.1 Å². The Labute approximate surface area is 162 Å². The summed E-state index contributed by atoms with van der Waals surface area (Å²) in [6.45, 7) is 5.85. The van der Waals surface area contributed by atoms with Crippen LogP contribution < -0.4 is 9.47 Å². The molecule has 0 aromatic heterocycles. The van der Waals surface area contributed by atoms with Gasteiger partial charge in [-0.3, -0.25) is 9.69 Å². The predicted octanol–water partition coefficient (Wildman–Crippen LogP) is 3.40. The zero-order valence-electron chi connectivity index (χ0n) is 15.0. The van der Waals surface area contributed by atoms with Gasteiger partial charge in [0, 0.05) is 0 Å². The van der Waals surface area contributed by atoms with Gasteiger partial charge in [-0.25, -0.2) is 4.79 Å². The average Bonchev–Trinajstić information content (AvgIpc) is 2.83. The Kier molecular flexibility index (Phi) is 6.66. The number of ether oxygens (including phenoxy) is 2. The number of nitrogens with zero attached hydrogens (tertiary/aromatic N) is 1. The van der Waals surface area contributed by atoms with Crippen molar-refractivity contribution in [1.29, 1.82) is 0 Å². The van der Waals surface area contributed by atoms with Crippen LogP contribution in [0.1, 0.15) is 26.3 Å². The van der Waals surface area contributed by atoms with Crippen molar-refractivity contribution >= 4 is 46.3 Å². The average molecular weight is 396 g/mol. The molecule has 1 aromatic rings. The van der Waals surface area contributed by atoms with Crippen LogP contribution in [-0.4, -0.2) is 46.0 Å². The Morgan fingerprint density at radius 2 is 2.08 bits per heavy atom. The van der Waals surface area contributed by atoms with Gasteiger partial charge >= 0.3 is 5.97 Å². The summed E-state index contributed by atoms with van der Waals surface area (Å²) in [4.78, 5) is 25.9. The van der Waals surface area contributed by atoms with Crippen LogP contribution >= 0.6 is 24.0 Å². The molecule has 1 atom stereocenters. The van der Waals surface area contributed by atoms with Crippen molar-refractivity contribution in [2.75, 3.05) is 13.7 Å². The fraction of sp³-hybridized carbons (Fsp3) is 0.389. The maximum Gasteiger partial charge on any atom is 0.327 e. The molecular formula is C18H21NO5S2. The van der Waals surface area contributed by atoms with Crippen molar-refractivity contribution in [3.8, 4) is 11.5 Å². The summed E-state index contributed by atoms with van der Waals surface area (Å²) in [6, 6.07) is 4.34. The van der Waals surface area contributed by atoms with Gasteiger partial charge < -0.3 is 14.6 Å². The van der Waals surface area contributed by atoms with Crippen LogP contribution in [-0.2, 0) is 9.59 Å². The van der Waals surface area contributed by atoms with E-state index in [1.807, 2.05) is 6.92 Å². The number of hydrogen-bond acceptors (Lipinski definition) is 6. The maximum atomic E-state index is 12.7. The lowest BCUT2D eigenvalue weighted by Gasteiger charge is -2.26. The fourth-order valence-corrected chi connectivity index (χ4v) is 3.95. The van der Waals surface area contributed by atoms with Crippen molar-refractivity contribution in [2.24, 2.45) is 5.92 Å². The first-order valence-corrected chi connectivity index (χ1v) is 9.33. The number of aliphatic carboxylic acids is 1. The number of benzene rings is 1. The second-order valence-electron chi connectivity index (χ2n) is 5.92. The number of thiocarbonyl (C=S) groups is 1. The smallest absolute Gasteiger partial charge is 0.327 e. The third kappa shape index (κ3) is 4.19. The molecule has 2 rings (SSSR count). The minimum absolute atomic E-state index is 0.251. The number of hydrogen-bond donors (Lipinski definition) is 1. The monoisotopic (exact) mass is 395 g/mol. The highest BCUT2D eigenvalue weighted by Crippen LogP contribution is 2.36. The molecule has 0 spiro atoms. The van der Waals surface area contributed by atoms with Gasteiger partial charge in [-0.15, -0.1) is 0 Å². The minimum atomic E-state index is -1.07. The molecule has 8 heteroatoms. The van der Waals surface area contributed by atoms with Gasteiger partial charge in [0.2, 0.25) is 0 Å². The van der Waals surface area contributed by atoms with Crippen LogP contribution in [0.3, 0.4) is 0 Å². The van der Waals surface area contributed by atoms with Gasteiger partial charge in [0.05, 0.1) is 18.6 Å². The molecule has 26 heavy (non-hydrogen) atoms. The van der Waals surface area contributed by atoms with Gasteiger partial charge in [-0.05, 0) is 36.6 Å². The standard InChI is InChI=1S/C18H21NO5S2/c1-5-24-13-8-11(6-7-12(13)23-4)9-14-16(20)19(18(25)26-14)15(10(2)3)17(21)22/h6-10,15H,5H2,1-4H3,(H,21,22)/b14-9-. The molecule has 1 heterocycles. The Bertz CT molecular complexity index is 760. The summed E-state index contributed by atoms with van der Waals surface area (Å²) in [6.07, 6.45) is 1.68. The third-order valence-electron chi connectivity index (χ3n) is 3.77. The van der Waals surface area contributed by atoms with E-state index in [9.17, 15) is 14.7 Å². The second-order valence-corrected chi connectivity index (χ2v) is 7.60. The molecule has 0 aliphatic carbocycles. The largest absolute Gasteiger partial charge is 0.493 e. The predicted molar refractivity (Wildman–Crippen MR) is 105 cm³/mol. The first-order valence-electron chi connectivity index (χ1n) is 8.10. The number of carbonyl (C=O) groups excluding carboxylic acids is 1. The van der Waals surface area contributed by atoms with Gasteiger partial charge in [-0.2, -0.15) is 0 Å². The normalized spacial score (nSPS) is 17.1. The highest BCUT2D eigenvalue weighted by atomic mass is 32.2.